The van der Waals surface area contributed by atoms with Crippen LogP contribution < -0.4 is 5.32 Å². The maximum absolute atomic E-state index is 5.67. The molecule has 0 aromatic heterocycles. The molecule has 0 spiro atoms. The van der Waals surface area contributed by atoms with Crippen molar-refractivity contribution in [2.24, 2.45) is 5.92 Å². The molecule has 1 N–H and O–H groups in total. The second-order valence-corrected chi connectivity index (χ2v) is 7.22. The Labute approximate surface area is 131 Å². The third kappa shape index (κ3) is 4.92. The third-order valence-corrected chi connectivity index (χ3v) is 5.37. The lowest BCUT2D eigenvalue weighted by Gasteiger charge is -2.41. The minimum atomic E-state index is 0.416. The zero-order chi connectivity index (χ0) is 15.2. The van der Waals surface area contributed by atoms with E-state index in [1.165, 1.54) is 51.9 Å². The molecule has 1 heterocycles. The number of piperazine rings is 1. The van der Waals surface area contributed by atoms with E-state index in [0.717, 1.165) is 6.54 Å². The lowest BCUT2D eigenvalue weighted by Crippen LogP contribution is -2.55. The van der Waals surface area contributed by atoms with Gasteiger partial charge in [0.1, 0.15) is 0 Å². The summed E-state index contributed by atoms with van der Waals surface area (Å²) in [5.74, 6) is 0.700. The highest BCUT2D eigenvalue weighted by Gasteiger charge is 2.28. The van der Waals surface area contributed by atoms with Gasteiger partial charge in [0.05, 0.1) is 6.10 Å². The van der Waals surface area contributed by atoms with Crippen LogP contribution in [-0.2, 0) is 4.74 Å². The number of likely N-dealkylation sites (N-methyl/N-ethyl adjacent to an activating group) is 1. The molecule has 1 aliphatic carbocycles. The van der Waals surface area contributed by atoms with E-state index in [9.17, 15) is 0 Å². The van der Waals surface area contributed by atoms with Crippen LogP contribution in [0.3, 0.4) is 0 Å². The smallest absolute Gasteiger partial charge is 0.0724 e. The molecule has 1 saturated carbocycles. The number of methoxy groups -OCH3 is 1. The Kier molecular flexibility index (Phi) is 6.93. The van der Waals surface area contributed by atoms with Crippen LogP contribution in [0.15, 0.2) is 0 Å². The van der Waals surface area contributed by atoms with Gasteiger partial charge in [-0.1, -0.05) is 26.7 Å². The van der Waals surface area contributed by atoms with E-state index in [0.29, 0.717) is 24.1 Å². The molecule has 124 valence electrons. The van der Waals surface area contributed by atoms with Crippen molar-refractivity contribution in [3.63, 3.8) is 0 Å². The van der Waals surface area contributed by atoms with Gasteiger partial charge in [0.15, 0.2) is 0 Å². The highest BCUT2D eigenvalue weighted by Crippen LogP contribution is 2.21. The van der Waals surface area contributed by atoms with Crippen molar-refractivity contribution in [1.82, 2.24) is 15.1 Å². The van der Waals surface area contributed by atoms with Crippen molar-refractivity contribution in [2.75, 3.05) is 46.9 Å². The van der Waals surface area contributed by atoms with Gasteiger partial charge < -0.3 is 15.0 Å². The highest BCUT2D eigenvalue weighted by molar-refractivity contribution is 4.86. The maximum atomic E-state index is 5.67. The van der Waals surface area contributed by atoms with Crippen molar-refractivity contribution in [3.05, 3.63) is 0 Å². The summed E-state index contributed by atoms with van der Waals surface area (Å²) in [7, 11) is 4.09. The molecule has 0 aromatic carbocycles. The molecule has 1 saturated heterocycles. The number of hydrogen-bond donors (Lipinski definition) is 1. The Balaban J connectivity index is 1.84. The Morgan fingerprint density at radius 1 is 1.10 bits per heavy atom. The van der Waals surface area contributed by atoms with Crippen molar-refractivity contribution in [1.29, 1.82) is 0 Å². The first-order valence-corrected chi connectivity index (χ1v) is 8.80. The Hall–Kier alpha value is -0.160. The zero-order valence-corrected chi connectivity index (χ0v) is 14.5. The van der Waals surface area contributed by atoms with Gasteiger partial charge in [0, 0.05) is 51.9 Å². The number of nitrogens with zero attached hydrogens (tertiary/aromatic N) is 2. The van der Waals surface area contributed by atoms with Crippen LogP contribution in [0, 0.1) is 5.92 Å². The number of ether oxygens (including phenoxy) is 1. The number of rotatable bonds is 6. The van der Waals surface area contributed by atoms with Crippen LogP contribution in [0.4, 0.5) is 0 Å². The van der Waals surface area contributed by atoms with Gasteiger partial charge in [-0.3, -0.25) is 4.90 Å². The lowest BCUT2D eigenvalue weighted by molar-refractivity contribution is 0.0332. The molecule has 21 heavy (non-hydrogen) atoms. The molecular weight excluding hydrogens is 262 g/mol. The van der Waals surface area contributed by atoms with Crippen molar-refractivity contribution in [3.8, 4) is 0 Å². The Morgan fingerprint density at radius 3 is 2.38 bits per heavy atom. The van der Waals surface area contributed by atoms with Crippen LogP contribution in [0.25, 0.3) is 0 Å². The normalized spacial score (nSPS) is 30.7. The zero-order valence-electron chi connectivity index (χ0n) is 14.5. The average molecular weight is 297 g/mol. The van der Waals surface area contributed by atoms with Gasteiger partial charge in [-0.15, -0.1) is 0 Å². The molecule has 2 rings (SSSR count). The lowest BCUT2D eigenvalue weighted by atomic mass is 9.91. The predicted octanol–water partition coefficient (Wildman–Crippen LogP) is 1.81. The molecule has 3 atom stereocenters. The summed E-state index contributed by atoms with van der Waals surface area (Å²) in [5, 5.41) is 3.83. The molecule has 0 bridgehead atoms. The molecule has 4 nitrogen and oxygen atoms in total. The molecule has 3 unspecified atom stereocenters. The van der Waals surface area contributed by atoms with E-state index in [1.807, 2.05) is 7.11 Å². The van der Waals surface area contributed by atoms with Gasteiger partial charge in [-0.05, 0) is 25.8 Å². The highest BCUT2D eigenvalue weighted by atomic mass is 16.5. The fourth-order valence-electron chi connectivity index (χ4n) is 3.82. The van der Waals surface area contributed by atoms with Crippen LogP contribution >= 0.6 is 0 Å². The summed E-state index contributed by atoms with van der Waals surface area (Å²) in [6.45, 7) is 10.6. The van der Waals surface area contributed by atoms with E-state index in [1.54, 1.807) is 0 Å². The van der Waals surface area contributed by atoms with Gasteiger partial charge in [-0.25, -0.2) is 0 Å². The fourth-order valence-corrected chi connectivity index (χ4v) is 3.82. The van der Waals surface area contributed by atoms with Crippen LogP contribution in [-0.4, -0.2) is 74.9 Å². The third-order valence-electron chi connectivity index (χ3n) is 5.37. The fraction of sp³-hybridized carbons (Fsp3) is 1.00. The molecule has 0 aromatic rings. The summed E-state index contributed by atoms with van der Waals surface area (Å²) in [6, 6.07) is 1.20. The summed E-state index contributed by atoms with van der Waals surface area (Å²) >= 11 is 0. The molecule has 0 amide bonds. The standard InChI is InChI=1S/C17H35N3O/c1-14(2)16(20-11-9-19(3)10-12-20)13-18-15-7-5-6-8-17(15)21-4/h14-18H,5-13H2,1-4H3. The van der Waals surface area contributed by atoms with Gasteiger partial charge in [0.2, 0.25) is 0 Å². The summed E-state index contributed by atoms with van der Waals surface area (Å²) in [6.07, 6.45) is 5.57. The van der Waals surface area contributed by atoms with Gasteiger partial charge in [0.25, 0.3) is 0 Å². The monoisotopic (exact) mass is 297 g/mol. The van der Waals surface area contributed by atoms with E-state index >= 15 is 0 Å². The van der Waals surface area contributed by atoms with Gasteiger partial charge >= 0.3 is 0 Å². The number of nitrogens with one attached hydrogen (secondary N) is 1. The van der Waals surface area contributed by atoms with Crippen molar-refractivity contribution < 1.29 is 4.74 Å². The summed E-state index contributed by atoms with van der Waals surface area (Å²) in [5.41, 5.74) is 0. The second kappa shape index (κ2) is 8.47. The molecule has 1 aliphatic heterocycles. The molecule has 2 fully saturated rings. The van der Waals surface area contributed by atoms with Crippen molar-refractivity contribution >= 4 is 0 Å². The van der Waals surface area contributed by atoms with E-state index < -0.39 is 0 Å². The van der Waals surface area contributed by atoms with E-state index in [2.05, 4.69) is 36.0 Å². The van der Waals surface area contributed by atoms with Crippen LogP contribution in [0.2, 0.25) is 0 Å². The first-order valence-electron chi connectivity index (χ1n) is 8.80. The molecule has 0 radical (unpaired) electrons. The van der Waals surface area contributed by atoms with E-state index in [4.69, 9.17) is 4.74 Å². The molecule has 4 heteroatoms. The Morgan fingerprint density at radius 2 is 1.76 bits per heavy atom. The molecular formula is C17H35N3O. The van der Waals surface area contributed by atoms with Crippen LogP contribution in [0.5, 0.6) is 0 Å². The van der Waals surface area contributed by atoms with Crippen LogP contribution in [0.1, 0.15) is 39.5 Å². The second-order valence-electron chi connectivity index (χ2n) is 7.22. The van der Waals surface area contributed by atoms with Gasteiger partial charge in [-0.2, -0.15) is 0 Å². The minimum Gasteiger partial charge on any atom is -0.380 e. The first kappa shape index (κ1) is 17.2. The quantitative estimate of drug-likeness (QED) is 0.809. The van der Waals surface area contributed by atoms with E-state index in [-0.39, 0.29) is 0 Å². The SMILES string of the molecule is COC1CCCCC1NCC(C(C)C)N1CCN(C)CC1. The van der Waals surface area contributed by atoms with Crippen molar-refractivity contribution in [2.45, 2.75) is 57.7 Å². The number of hydrogen-bond acceptors (Lipinski definition) is 4. The summed E-state index contributed by atoms with van der Waals surface area (Å²) < 4.78 is 5.67. The Bertz CT molecular complexity index is 290. The maximum Gasteiger partial charge on any atom is 0.0724 e. The summed E-state index contributed by atoms with van der Waals surface area (Å²) in [4.78, 5) is 5.12. The largest absolute Gasteiger partial charge is 0.380 e. The molecule has 2 aliphatic rings. The topological polar surface area (TPSA) is 27.7 Å². The first-order chi connectivity index (χ1) is 10.1. The predicted molar refractivity (Wildman–Crippen MR) is 88.8 cm³/mol. The minimum absolute atomic E-state index is 0.416. The average Bonchev–Trinajstić information content (AvgIpc) is 2.49.